The number of alkyl halides is 3. The summed E-state index contributed by atoms with van der Waals surface area (Å²) in [5.41, 5.74) is 0.442. The molecule has 0 radical (unpaired) electrons. The average molecular weight is 556 g/mol. The summed E-state index contributed by atoms with van der Waals surface area (Å²) in [6, 6.07) is 9.37. The van der Waals surface area contributed by atoms with E-state index in [1.165, 1.54) is 31.2 Å². The van der Waals surface area contributed by atoms with Gasteiger partial charge in [0.15, 0.2) is 0 Å². The van der Waals surface area contributed by atoms with Gasteiger partial charge >= 0.3 is 5.57 Å². The fourth-order valence-electron chi connectivity index (χ4n) is 5.81. The van der Waals surface area contributed by atoms with Gasteiger partial charge in [0.1, 0.15) is 5.75 Å². The van der Waals surface area contributed by atoms with E-state index in [9.17, 15) is 18.4 Å². The maximum atomic E-state index is 13.4. The smallest absolute Gasteiger partial charge is 0.420 e. The number of carbonyl (C=O) groups excluding carboxylic acids is 2. The third-order valence-corrected chi connectivity index (χ3v) is 7.20. The van der Waals surface area contributed by atoms with E-state index >= 15 is 0 Å². The Bertz CT molecular complexity index is 1380. The first kappa shape index (κ1) is 26.8. The van der Waals surface area contributed by atoms with Crippen LogP contribution in [0.15, 0.2) is 55.0 Å². The highest BCUT2D eigenvalue weighted by molar-refractivity contribution is 6.20. The Balaban J connectivity index is 1.53. The molecule has 3 aromatic rings. The Morgan fingerprint density at radius 3 is 2.51 bits per heavy atom. The Morgan fingerprint density at radius 1 is 1.15 bits per heavy atom. The number of nitrogens with one attached hydrogen (secondary N) is 2. The fraction of sp³-hybridized carbons (Fsp3) is 0.357. The van der Waals surface area contributed by atoms with Crippen LogP contribution in [0, 0.1) is 0 Å². The number of carbonyl (C=O) groups is 2. The Morgan fingerprint density at radius 2 is 1.90 bits per heavy atom. The van der Waals surface area contributed by atoms with Crippen LogP contribution in [0.4, 0.5) is 20.2 Å². The highest BCUT2D eigenvalue weighted by atomic mass is 35.5. The van der Waals surface area contributed by atoms with Crippen LogP contribution in [0.1, 0.15) is 55.5 Å². The van der Waals surface area contributed by atoms with Gasteiger partial charge in [0.2, 0.25) is 5.91 Å². The molecular weight excluding hydrogens is 528 g/mol. The molecule has 1 fully saturated rings. The molecule has 2 aromatic carbocycles. The second kappa shape index (κ2) is 10.4. The second-order valence-corrected chi connectivity index (χ2v) is 10.5. The van der Waals surface area contributed by atoms with Crippen LogP contribution in [0.2, 0.25) is 0 Å². The molecule has 2 unspecified atom stereocenters. The van der Waals surface area contributed by atoms with Crippen LogP contribution in [0.3, 0.4) is 0 Å². The van der Waals surface area contributed by atoms with Crippen molar-refractivity contribution in [3.05, 3.63) is 66.1 Å². The lowest BCUT2D eigenvalue weighted by Gasteiger charge is -2.36. The normalized spacial score (nSPS) is 20.0. The molecule has 204 valence electrons. The molecule has 1 aliphatic carbocycles. The lowest BCUT2D eigenvalue weighted by atomic mass is 9.92. The molecule has 2 N–H and O–H groups in total. The van der Waals surface area contributed by atoms with Gasteiger partial charge in [0.05, 0.1) is 23.6 Å². The number of nitrogens with zero attached hydrogens (tertiary/aromatic N) is 3. The molecule has 39 heavy (non-hydrogen) atoms. The van der Waals surface area contributed by atoms with Gasteiger partial charge in [-0.3, -0.25) is 19.6 Å². The number of hydrogen-bond donors (Lipinski definition) is 2. The third kappa shape index (κ3) is 5.52. The number of anilines is 2. The highest BCUT2D eigenvalue weighted by Gasteiger charge is 2.49. The van der Waals surface area contributed by atoms with E-state index in [1.54, 1.807) is 24.7 Å². The van der Waals surface area contributed by atoms with E-state index in [0.29, 0.717) is 16.9 Å². The van der Waals surface area contributed by atoms with Crippen LogP contribution in [0.5, 0.6) is 5.75 Å². The molecule has 0 spiro atoms. The highest BCUT2D eigenvalue weighted by Crippen LogP contribution is 2.53. The first-order valence-corrected chi connectivity index (χ1v) is 13.1. The molecule has 0 bridgehead atoms. The van der Waals surface area contributed by atoms with Crippen LogP contribution in [0.25, 0.3) is 11.3 Å². The van der Waals surface area contributed by atoms with Gasteiger partial charge in [-0.2, -0.15) is 0 Å². The Kier molecular flexibility index (Phi) is 7.15. The van der Waals surface area contributed by atoms with Crippen molar-refractivity contribution in [1.29, 1.82) is 0 Å². The van der Waals surface area contributed by atoms with Crippen molar-refractivity contribution in [2.75, 3.05) is 10.2 Å². The number of fused-ring (bicyclic) bond motifs is 3. The van der Waals surface area contributed by atoms with Crippen molar-refractivity contribution in [1.82, 2.24) is 15.3 Å². The van der Waals surface area contributed by atoms with E-state index in [-0.39, 0.29) is 41.6 Å². The largest absolute Gasteiger partial charge is 0.487 e. The minimum absolute atomic E-state index is 0.0182. The quantitative estimate of drug-likeness (QED) is 0.371. The number of amides is 2. The van der Waals surface area contributed by atoms with E-state index in [4.69, 9.17) is 11.6 Å². The lowest BCUT2D eigenvalue weighted by Crippen LogP contribution is -2.50. The van der Waals surface area contributed by atoms with Gasteiger partial charge in [0, 0.05) is 65.7 Å². The summed E-state index contributed by atoms with van der Waals surface area (Å²) in [6.07, 6.45) is 6.57. The first-order valence-electron chi connectivity index (χ1n) is 12.7. The summed E-state index contributed by atoms with van der Waals surface area (Å²) < 4.78 is 30.2. The number of aromatic nitrogens is 2. The summed E-state index contributed by atoms with van der Waals surface area (Å²) in [4.78, 5) is 36.5. The van der Waals surface area contributed by atoms with E-state index in [2.05, 4.69) is 44.1 Å². The topological polar surface area (TPSA) is 96.5 Å². The van der Waals surface area contributed by atoms with Crippen molar-refractivity contribution >= 4 is 34.8 Å². The molecule has 1 aromatic heterocycles. The zero-order chi connectivity index (χ0) is 27.9. The average Bonchev–Trinajstić information content (AvgIpc) is 3.42. The van der Waals surface area contributed by atoms with Crippen molar-refractivity contribution in [3.8, 4) is 17.0 Å². The second-order valence-electron chi connectivity index (χ2n) is 10.1. The summed E-state index contributed by atoms with van der Waals surface area (Å²) in [6.45, 7) is 5.76. The number of benzene rings is 2. The van der Waals surface area contributed by atoms with Crippen molar-refractivity contribution in [2.45, 2.75) is 63.2 Å². The van der Waals surface area contributed by atoms with Crippen LogP contribution in [-0.4, -0.2) is 45.5 Å². The van der Waals surface area contributed by atoms with E-state index in [1.807, 2.05) is 6.07 Å². The van der Waals surface area contributed by atoms with Crippen molar-refractivity contribution < 1.29 is 23.1 Å². The van der Waals surface area contributed by atoms with Gasteiger partial charge in [-0.1, -0.05) is 0 Å². The summed E-state index contributed by atoms with van der Waals surface area (Å²) in [5, 5.41) is 5.95. The fourth-order valence-corrected chi connectivity index (χ4v) is 5.90. The summed E-state index contributed by atoms with van der Waals surface area (Å²) in [5.74, 6) is -0.447. The maximum absolute atomic E-state index is 13.4. The zero-order valence-electron chi connectivity index (χ0n) is 21.6. The van der Waals surface area contributed by atoms with Crippen LogP contribution in [-0.2, 0) is 4.79 Å². The Hall–Kier alpha value is -3.79. The molecule has 2 aliphatic rings. The molecule has 2 amide bonds. The SMILES string of the molecule is CC(=O)N[C@H]1CCC2c3cc(C(=O)Nc4ccc(OC(F)(F)Cl)cc4)cc(-c4cnccn4)c3N(C(C)C)C21. The van der Waals surface area contributed by atoms with Gasteiger partial charge in [-0.05, 0) is 68.7 Å². The Labute approximate surface area is 229 Å². The molecule has 11 heteroatoms. The number of ether oxygens (including phenoxy) is 1. The molecule has 0 saturated heterocycles. The molecule has 5 rings (SSSR count). The third-order valence-electron chi connectivity index (χ3n) is 7.12. The van der Waals surface area contributed by atoms with E-state index < -0.39 is 5.57 Å². The lowest BCUT2D eigenvalue weighted by molar-refractivity contribution is -0.119. The minimum atomic E-state index is -3.83. The number of rotatable bonds is 7. The van der Waals surface area contributed by atoms with Gasteiger partial charge in [-0.25, -0.2) is 0 Å². The molecule has 1 saturated carbocycles. The molecule has 2 heterocycles. The standard InChI is InChI=1S/C28H28ClF2N5O3/c1-15(2)36-25-21(20-8-9-23(26(20)36)34-16(3)37)12-17(13-22(25)24-14-32-10-11-33-24)27(38)35-18-4-6-19(7-5-18)39-28(29,30)31/h4-7,10-15,20,23,26H,8-9H2,1-3H3,(H,34,37)(H,35,38)/t20?,23-,26?/m0/s1. The number of halogens is 3. The van der Waals surface area contributed by atoms with E-state index in [0.717, 1.165) is 29.7 Å². The minimum Gasteiger partial charge on any atom is -0.420 e. The summed E-state index contributed by atoms with van der Waals surface area (Å²) >= 11 is 4.83. The van der Waals surface area contributed by atoms with Gasteiger partial charge in [-0.15, -0.1) is 8.78 Å². The zero-order valence-corrected chi connectivity index (χ0v) is 22.4. The van der Waals surface area contributed by atoms with Crippen LogP contribution < -0.4 is 20.3 Å². The molecular formula is C28H28ClF2N5O3. The van der Waals surface area contributed by atoms with Gasteiger partial charge in [0.25, 0.3) is 5.91 Å². The monoisotopic (exact) mass is 555 g/mol. The van der Waals surface area contributed by atoms with Crippen molar-refractivity contribution in [2.24, 2.45) is 0 Å². The molecule has 3 atom stereocenters. The number of hydrogen-bond acceptors (Lipinski definition) is 6. The summed E-state index contributed by atoms with van der Waals surface area (Å²) in [7, 11) is 0. The first-order chi connectivity index (χ1) is 18.5. The predicted molar refractivity (Wildman–Crippen MR) is 144 cm³/mol. The maximum Gasteiger partial charge on any atom is 0.487 e. The van der Waals surface area contributed by atoms with Crippen molar-refractivity contribution in [3.63, 3.8) is 0 Å². The predicted octanol–water partition coefficient (Wildman–Crippen LogP) is 5.54. The van der Waals surface area contributed by atoms with Gasteiger partial charge < -0.3 is 20.3 Å². The van der Waals surface area contributed by atoms with Crippen LogP contribution >= 0.6 is 11.6 Å². The molecule has 1 aliphatic heterocycles. The molecule has 8 nitrogen and oxygen atoms in total.